The van der Waals surface area contributed by atoms with E-state index in [-0.39, 0.29) is 43.7 Å². The van der Waals surface area contributed by atoms with E-state index < -0.39 is 0 Å². The zero-order valence-electron chi connectivity index (χ0n) is 8.27. The molecule has 0 N–H and O–H groups in total. The van der Waals surface area contributed by atoms with E-state index in [1.807, 2.05) is 6.92 Å². The minimum absolute atomic E-state index is 0. The second kappa shape index (κ2) is 11.7. The van der Waals surface area contributed by atoms with Gasteiger partial charge in [0.25, 0.3) is 0 Å². The van der Waals surface area contributed by atoms with Crippen molar-refractivity contribution >= 4 is 43.7 Å². The van der Waals surface area contributed by atoms with Crippen molar-refractivity contribution in [3.05, 3.63) is 0 Å². The second-order valence-corrected chi connectivity index (χ2v) is 2.62. The molecule has 0 spiro atoms. The Kier molecular flexibility index (Phi) is 14.9. The molecule has 0 aromatic rings. The molecule has 0 aliphatic heterocycles. The van der Waals surface area contributed by atoms with Gasteiger partial charge in [-0.15, -0.1) is 0 Å². The van der Waals surface area contributed by atoms with Crippen molar-refractivity contribution in [2.24, 2.45) is 0 Å². The Morgan fingerprint density at radius 3 is 2.33 bits per heavy atom. The summed E-state index contributed by atoms with van der Waals surface area (Å²) >= 11 is 0. The van der Waals surface area contributed by atoms with Crippen molar-refractivity contribution in [1.82, 2.24) is 0 Å². The number of hydrogen-bond acceptors (Lipinski definition) is 2. The summed E-state index contributed by atoms with van der Waals surface area (Å²) in [6.07, 6.45) is 5.15. The van der Waals surface area contributed by atoms with Crippen molar-refractivity contribution in [2.45, 2.75) is 46.0 Å². The van der Waals surface area contributed by atoms with Gasteiger partial charge in [-0.05, 0) is 13.3 Å². The Balaban J connectivity index is 0. The molecule has 0 aromatic heterocycles. The second-order valence-electron chi connectivity index (χ2n) is 2.62. The van der Waals surface area contributed by atoms with E-state index in [9.17, 15) is 4.79 Å². The van der Waals surface area contributed by atoms with Crippen LogP contribution in [-0.4, -0.2) is 50.3 Å². The number of hydrogen-bond donors (Lipinski definition) is 0. The van der Waals surface area contributed by atoms with Gasteiger partial charge in [0.1, 0.15) is 0 Å². The van der Waals surface area contributed by atoms with E-state index in [0.29, 0.717) is 13.0 Å². The molecule has 0 amide bonds. The molecule has 0 rings (SSSR count). The fourth-order valence-electron chi connectivity index (χ4n) is 0.929. The minimum Gasteiger partial charge on any atom is -0.466 e. The summed E-state index contributed by atoms with van der Waals surface area (Å²) in [5.74, 6) is -0.0522. The Morgan fingerprint density at radius 1 is 1.17 bits per heavy atom. The molecule has 0 aromatic carbocycles. The molecule has 0 aliphatic carbocycles. The molecule has 0 fully saturated rings. The van der Waals surface area contributed by atoms with E-state index in [1.54, 1.807) is 0 Å². The van der Waals surface area contributed by atoms with Crippen molar-refractivity contribution in [3.8, 4) is 0 Å². The molecule has 68 valence electrons. The van der Waals surface area contributed by atoms with Crippen LogP contribution in [0.5, 0.6) is 0 Å². The Bertz CT molecular complexity index is 105. The van der Waals surface area contributed by atoms with Crippen molar-refractivity contribution in [1.29, 1.82) is 0 Å². The molecular formula is C9H18CaO2. The first-order chi connectivity index (χ1) is 5.31. The molecule has 0 atom stereocenters. The Morgan fingerprint density at radius 2 is 1.83 bits per heavy atom. The van der Waals surface area contributed by atoms with Gasteiger partial charge in [0.2, 0.25) is 0 Å². The third-order valence-electron chi connectivity index (χ3n) is 1.54. The summed E-state index contributed by atoms with van der Waals surface area (Å²) in [6.45, 7) is 4.50. The van der Waals surface area contributed by atoms with Gasteiger partial charge in [0, 0.05) is 44.2 Å². The van der Waals surface area contributed by atoms with E-state index in [2.05, 4.69) is 6.92 Å². The molecule has 0 saturated heterocycles. The number of rotatable bonds is 6. The van der Waals surface area contributed by atoms with Crippen molar-refractivity contribution in [2.75, 3.05) is 6.61 Å². The number of ether oxygens (including phenoxy) is 1. The van der Waals surface area contributed by atoms with Crippen molar-refractivity contribution < 1.29 is 9.53 Å². The molecule has 0 aliphatic rings. The summed E-state index contributed by atoms with van der Waals surface area (Å²) < 4.78 is 4.78. The molecular weight excluding hydrogens is 180 g/mol. The number of carbonyl (C=O) groups excluding carboxylic acids is 1. The number of unbranched alkanes of at least 4 members (excludes halogenated alkanes) is 3. The van der Waals surface area contributed by atoms with Gasteiger partial charge in [-0.25, -0.2) is 0 Å². The zero-order valence-corrected chi connectivity index (χ0v) is 10.5. The zero-order chi connectivity index (χ0) is 8.53. The van der Waals surface area contributed by atoms with E-state index in [0.717, 1.165) is 12.8 Å². The van der Waals surface area contributed by atoms with Gasteiger partial charge >= 0.3 is 5.97 Å². The summed E-state index contributed by atoms with van der Waals surface area (Å²) in [7, 11) is 0. The first-order valence-electron chi connectivity index (χ1n) is 4.46. The van der Waals surface area contributed by atoms with Gasteiger partial charge < -0.3 is 4.74 Å². The van der Waals surface area contributed by atoms with Crippen LogP contribution in [0.15, 0.2) is 0 Å². The fourth-order valence-corrected chi connectivity index (χ4v) is 0.929. The minimum atomic E-state index is -0.0522. The maximum Gasteiger partial charge on any atom is 0.305 e. The molecule has 2 radical (unpaired) electrons. The largest absolute Gasteiger partial charge is 0.466 e. The smallest absolute Gasteiger partial charge is 0.305 e. The molecule has 0 saturated carbocycles. The van der Waals surface area contributed by atoms with Crippen LogP contribution >= 0.6 is 0 Å². The van der Waals surface area contributed by atoms with E-state index in [4.69, 9.17) is 4.74 Å². The average molecular weight is 198 g/mol. The van der Waals surface area contributed by atoms with Gasteiger partial charge in [0.15, 0.2) is 0 Å². The van der Waals surface area contributed by atoms with Crippen LogP contribution in [0.25, 0.3) is 0 Å². The topological polar surface area (TPSA) is 26.3 Å². The Labute approximate surface area is 105 Å². The maximum atomic E-state index is 10.8. The normalized spacial score (nSPS) is 8.83. The predicted molar refractivity (Wildman–Crippen MR) is 51.1 cm³/mol. The van der Waals surface area contributed by atoms with Crippen LogP contribution in [0.2, 0.25) is 0 Å². The molecule has 0 unspecified atom stereocenters. The van der Waals surface area contributed by atoms with Crippen LogP contribution in [0.1, 0.15) is 46.0 Å². The number of carbonyl (C=O) groups is 1. The monoisotopic (exact) mass is 198 g/mol. The molecule has 0 bridgehead atoms. The summed E-state index contributed by atoms with van der Waals surface area (Å²) in [4.78, 5) is 10.8. The van der Waals surface area contributed by atoms with Gasteiger partial charge in [-0.2, -0.15) is 0 Å². The first-order valence-corrected chi connectivity index (χ1v) is 4.46. The van der Waals surface area contributed by atoms with E-state index >= 15 is 0 Å². The van der Waals surface area contributed by atoms with E-state index in [1.165, 1.54) is 12.8 Å². The maximum absolute atomic E-state index is 10.8. The fraction of sp³-hybridized carbons (Fsp3) is 0.889. The number of esters is 1. The van der Waals surface area contributed by atoms with Crippen LogP contribution in [0.4, 0.5) is 0 Å². The van der Waals surface area contributed by atoms with Crippen LogP contribution in [0.3, 0.4) is 0 Å². The summed E-state index contributed by atoms with van der Waals surface area (Å²) in [6, 6.07) is 0. The third kappa shape index (κ3) is 10.7. The quantitative estimate of drug-likeness (QED) is 0.371. The average Bonchev–Trinajstić information content (AvgIpc) is 1.99. The van der Waals surface area contributed by atoms with Crippen LogP contribution < -0.4 is 0 Å². The van der Waals surface area contributed by atoms with Crippen LogP contribution in [-0.2, 0) is 9.53 Å². The predicted octanol–water partition coefficient (Wildman–Crippen LogP) is 2.14. The van der Waals surface area contributed by atoms with Gasteiger partial charge in [0.05, 0.1) is 6.61 Å². The van der Waals surface area contributed by atoms with Crippen LogP contribution in [0, 0.1) is 0 Å². The molecule has 3 heteroatoms. The first kappa shape index (κ1) is 15.2. The third-order valence-corrected chi connectivity index (χ3v) is 1.54. The summed E-state index contributed by atoms with van der Waals surface area (Å²) in [5.41, 5.74) is 0. The van der Waals surface area contributed by atoms with Gasteiger partial charge in [-0.1, -0.05) is 26.2 Å². The molecule has 0 heterocycles. The molecule has 12 heavy (non-hydrogen) atoms. The summed E-state index contributed by atoms with van der Waals surface area (Å²) in [5, 5.41) is 0. The SMILES string of the molecule is CCCCCCC(=O)OCC.[Ca]. The Hall–Kier alpha value is 0.730. The molecule has 2 nitrogen and oxygen atoms in total. The van der Waals surface area contributed by atoms with Crippen molar-refractivity contribution in [3.63, 3.8) is 0 Å². The standard InChI is InChI=1S/C9H18O2.Ca/c1-3-5-6-7-8-9(10)11-4-2;/h3-8H2,1-2H3;. The van der Waals surface area contributed by atoms with Gasteiger partial charge in [-0.3, -0.25) is 4.79 Å².